The van der Waals surface area contributed by atoms with E-state index in [1.165, 1.54) is 11.7 Å². The van der Waals surface area contributed by atoms with Crippen LogP contribution in [0.4, 0.5) is 17.3 Å². The van der Waals surface area contributed by atoms with E-state index < -0.39 is 0 Å². The Balaban J connectivity index is 1.61. The van der Waals surface area contributed by atoms with Gasteiger partial charge in [0.1, 0.15) is 29.0 Å². The number of morpholine rings is 1. The number of hydrogen-bond donors (Lipinski definition) is 1. The summed E-state index contributed by atoms with van der Waals surface area (Å²) in [5.74, 6) is 1.65. The third kappa shape index (κ3) is 2.58. The minimum atomic E-state index is 0.733. The molecule has 22 heavy (non-hydrogen) atoms. The first-order chi connectivity index (χ1) is 10.9. The number of hydrogen-bond acceptors (Lipinski definition) is 8. The van der Waals surface area contributed by atoms with Crippen LogP contribution in [0.5, 0.6) is 0 Å². The molecule has 1 N–H and O–H groups in total. The summed E-state index contributed by atoms with van der Waals surface area (Å²) in [6.07, 6.45) is 1.58. The predicted octanol–water partition coefficient (Wildman–Crippen LogP) is 2.06. The normalized spacial score (nSPS) is 15.2. The highest BCUT2D eigenvalue weighted by Crippen LogP contribution is 2.25. The first-order valence-corrected chi connectivity index (χ1v) is 7.76. The van der Waals surface area contributed by atoms with E-state index in [0.29, 0.717) is 0 Å². The fraction of sp³-hybridized carbons (Fsp3) is 0.286. The molecule has 112 valence electrons. The number of rotatable bonds is 3. The van der Waals surface area contributed by atoms with Gasteiger partial charge in [0.25, 0.3) is 0 Å². The van der Waals surface area contributed by atoms with E-state index in [1.54, 1.807) is 6.33 Å². The quantitative estimate of drug-likeness (QED) is 0.793. The molecule has 0 saturated carbocycles. The topological polar surface area (TPSA) is 76.1 Å². The average molecular weight is 314 g/mol. The van der Waals surface area contributed by atoms with Crippen LogP contribution in [-0.2, 0) is 4.74 Å². The Bertz CT molecular complexity index is 786. The van der Waals surface area contributed by atoms with Gasteiger partial charge in [0.15, 0.2) is 0 Å². The summed E-state index contributed by atoms with van der Waals surface area (Å²) in [6.45, 7) is 3.16. The Morgan fingerprint density at radius 3 is 2.95 bits per heavy atom. The molecule has 1 aromatic carbocycles. The zero-order chi connectivity index (χ0) is 14.8. The molecular formula is C14H14N6OS. The maximum absolute atomic E-state index is 5.37. The van der Waals surface area contributed by atoms with Crippen LogP contribution in [0, 0.1) is 0 Å². The van der Waals surface area contributed by atoms with Gasteiger partial charge >= 0.3 is 0 Å². The van der Waals surface area contributed by atoms with Crippen LogP contribution < -0.4 is 10.2 Å². The summed E-state index contributed by atoms with van der Waals surface area (Å²) in [4.78, 5) is 10.8. The molecule has 0 spiro atoms. The Kier molecular flexibility index (Phi) is 3.53. The second-order valence-corrected chi connectivity index (χ2v) is 5.45. The van der Waals surface area contributed by atoms with Crippen molar-refractivity contribution in [3.63, 3.8) is 0 Å². The lowest BCUT2D eigenvalue weighted by Gasteiger charge is -2.27. The molecule has 8 heteroatoms. The van der Waals surface area contributed by atoms with Crippen molar-refractivity contribution in [1.82, 2.24) is 18.7 Å². The molecule has 2 aromatic heterocycles. The molecule has 3 heterocycles. The molecule has 1 aliphatic heterocycles. The van der Waals surface area contributed by atoms with Gasteiger partial charge in [0.05, 0.1) is 30.6 Å². The zero-order valence-corrected chi connectivity index (χ0v) is 12.6. The fourth-order valence-electron chi connectivity index (χ4n) is 2.43. The molecular weight excluding hydrogens is 300 g/mol. The van der Waals surface area contributed by atoms with Gasteiger partial charge in [-0.1, -0.05) is 6.07 Å². The minimum absolute atomic E-state index is 0.733. The summed E-state index contributed by atoms with van der Waals surface area (Å²) >= 11 is 1.21. The second-order valence-electron chi connectivity index (χ2n) is 4.92. The highest BCUT2D eigenvalue weighted by atomic mass is 32.1. The molecule has 7 nitrogen and oxygen atoms in total. The minimum Gasteiger partial charge on any atom is -0.378 e. The largest absolute Gasteiger partial charge is 0.378 e. The first kappa shape index (κ1) is 13.4. The number of aromatic nitrogens is 4. The van der Waals surface area contributed by atoms with Gasteiger partial charge < -0.3 is 15.0 Å². The zero-order valence-electron chi connectivity index (χ0n) is 11.8. The molecule has 1 fully saturated rings. The highest BCUT2D eigenvalue weighted by Gasteiger charge is 2.13. The van der Waals surface area contributed by atoms with Crippen LogP contribution in [-0.4, -0.2) is 45.0 Å². The fourth-order valence-corrected chi connectivity index (χ4v) is 2.98. The number of ether oxygens (including phenoxy) is 1. The van der Waals surface area contributed by atoms with Crippen molar-refractivity contribution in [2.75, 3.05) is 36.5 Å². The van der Waals surface area contributed by atoms with E-state index in [4.69, 9.17) is 4.74 Å². The van der Waals surface area contributed by atoms with E-state index in [-0.39, 0.29) is 0 Å². The number of anilines is 3. The van der Waals surface area contributed by atoms with Crippen molar-refractivity contribution in [1.29, 1.82) is 0 Å². The van der Waals surface area contributed by atoms with Crippen molar-refractivity contribution in [3.05, 3.63) is 30.6 Å². The summed E-state index contributed by atoms with van der Waals surface area (Å²) in [7, 11) is 0. The molecule has 0 atom stereocenters. The van der Waals surface area contributed by atoms with Crippen molar-refractivity contribution in [2.24, 2.45) is 0 Å². The molecule has 0 aliphatic carbocycles. The first-order valence-electron chi connectivity index (χ1n) is 7.03. The third-order valence-electron chi connectivity index (χ3n) is 3.54. The van der Waals surface area contributed by atoms with Crippen LogP contribution in [0.25, 0.3) is 11.0 Å². The average Bonchev–Trinajstić information content (AvgIpc) is 3.06. The highest BCUT2D eigenvalue weighted by molar-refractivity contribution is 7.00. The van der Waals surface area contributed by atoms with E-state index >= 15 is 0 Å². The lowest BCUT2D eigenvalue weighted by atomic mass is 10.2. The summed E-state index contributed by atoms with van der Waals surface area (Å²) < 4.78 is 13.9. The van der Waals surface area contributed by atoms with Crippen LogP contribution in [0.1, 0.15) is 0 Å². The maximum atomic E-state index is 5.37. The van der Waals surface area contributed by atoms with Gasteiger partial charge in [-0.2, -0.15) is 8.75 Å². The second kappa shape index (κ2) is 5.82. The van der Waals surface area contributed by atoms with Crippen molar-refractivity contribution >= 4 is 40.1 Å². The van der Waals surface area contributed by atoms with Crippen LogP contribution in [0.3, 0.4) is 0 Å². The lowest BCUT2D eigenvalue weighted by Crippen LogP contribution is -2.36. The molecule has 0 bridgehead atoms. The lowest BCUT2D eigenvalue weighted by molar-refractivity contribution is 0.122. The van der Waals surface area contributed by atoms with Gasteiger partial charge in [-0.05, 0) is 12.1 Å². The monoisotopic (exact) mass is 314 g/mol. The number of nitrogens with one attached hydrogen (secondary N) is 1. The Morgan fingerprint density at radius 1 is 1.14 bits per heavy atom. The smallest absolute Gasteiger partial charge is 0.135 e. The van der Waals surface area contributed by atoms with Crippen LogP contribution >= 0.6 is 11.7 Å². The SMILES string of the molecule is c1cc(Nc2cc(N3CCOCC3)ncn2)c2nsnc2c1. The van der Waals surface area contributed by atoms with Gasteiger partial charge in [-0.3, -0.25) is 0 Å². The van der Waals surface area contributed by atoms with Crippen molar-refractivity contribution in [3.8, 4) is 0 Å². The Morgan fingerprint density at radius 2 is 2.05 bits per heavy atom. The Hall–Kier alpha value is -2.32. The molecule has 1 aliphatic rings. The molecule has 0 radical (unpaired) electrons. The van der Waals surface area contributed by atoms with Gasteiger partial charge in [-0.15, -0.1) is 0 Å². The molecule has 3 aromatic rings. The number of nitrogens with zero attached hydrogens (tertiary/aromatic N) is 5. The van der Waals surface area contributed by atoms with E-state index in [9.17, 15) is 0 Å². The molecule has 0 unspecified atom stereocenters. The van der Waals surface area contributed by atoms with Gasteiger partial charge in [-0.25, -0.2) is 9.97 Å². The van der Waals surface area contributed by atoms with Gasteiger partial charge in [0, 0.05) is 19.2 Å². The van der Waals surface area contributed by atoms with E-state index in [2.05, 4.69) is 28.9 Å². The third-order valence-corrected chi connectivity index (χ3v) is 4.08. The van der Waals surface area contributed by atoms with E-state index in [1.807, 2.05) is 24.3 Å². The van der Waals surface area contributed by atoms with Crippen LogP contribution in [0.2, 0.25) is 0 Å². The summed E-state index contributed by atoms with van der Waals surface area (Å²) in [6, 6.07) is 7.82. The molecule has 1 saturated heterocycles. The number of fused-ring (bicyclic) bond motifs is 1. The van der Waals surface area contributed by atoms with Crippen molar-refractivity contribution < 1.29 is 4.74 Å². The Labute approximate surface area is 131 Å². The van der Waals surface area contributed by atoms with Crippen LogP contribution in [0.15, 0.2) is 30.6 Å². The maximum Gasteiger partial charge on any atom is 0.135 e. The molecule has 4 rings (SSSR count). The summed E-state index contributed by atoms with van der Waals surface area (Å²) in [5.41, 5.74) is 2.65. The predicted molar refractivity (Wildman–Crippen MR) is 85.8 cm³/mol. The molecule has 0 amide bonds. The van der Waals surface area contributed by atoms with Crippen molar-refractivity contribution in [2.45, 2.75) is 0 Å². The summed E-state index contributed by atoms with van der Waals surface area (Å²) in [5, 5.41) is 3.31. The van der Waals surface area contributed by atoms with E-state index in [0.717, 1.165) is 54.7 Å². The van der Waals surface area contributed by atoms with Gasteiger partial charge in [0.2, 0.25) is 0 Å². The number of benzene rings is 1. The standard InChI is InChI=1S/C14H14N6OS/c1-2-10(14-11(3-1)18-22-19-14)17-12-8-13(16-9-15-12)20-4-6-21-7-5-20/h1-3,8-9H,4-7H2,(H,15,16,17).